The Balaban J connectivity index is 1.95. The number of hydrogen-bond acceptors (Lipinski definition) is 4. The maximum absolute atomic E-state index is 12.9. The smallest absolute Gasteiger partial charge is 0.416 e. The van der Waals surface area contributed by atoms with Crippen LogP contribution in [0.1, 0.15) is 10.4 Å². The van der Waals surface area contributed by atoms with E-state index in [0.717, 1.165) is 23.5 Å². The Kier molecular flexibility index (Phi) is 5.38. The summed E-state index contributed by atoms with van der Waals surface area (Å²) in [6.07, 6.45) is -4.70. The Labute approximate surface area is 161 Å². The number of rotatable bonds is 5. The molecule has 1 aromatic heterocycles. The standard InChI is InChI=1S/C18H12ClF3N2O2S/c19-12-6-4-10(5-7-12)16-14(9-15(25)26)27-17(24-16)23-13-3-1-2-11(8-13)18(20,21)22/h1-8H,9H2,(H,23,24)(H,25,26). The molecule has 0 aliphatic carbocycles. The Hall–Kier alpha value is -2.58. The lowest BCUT2D eigenvalue weighted by molar-refractivity contribution is -0.138. The van der Waals surface area contributed by atoms with Crippen molar-refractivity contribution in [3.05, 3.63) is 64.0 Å². The van der Waals surface area contributed by atoms with Gasteiger partial charge in [-0.1, -0.05) is 29.8 Å². The summed E-state index contributed by atoms with van der Waals surface area (Å²) in [4.78, 5) is 16.0. The molecule has 0 aliphatic heterocycles. The number of carboxylic acids is 1. The van der Waals surface area contributed by atoms with Crippen LogP contribution in [0.5, 0.6) is 0 Å². The molecule has 0 saturated carbocycles. The van der Waals surface area contributed by atoms with Crippen molar-refractivity contribution < 1.29 is 23.1 Å². The van der Waals surface area contributed by atoms with Crippen molar-refractivity contribution in [2.24, 2.45) is 0 Å². The van der Waals surface area contributed by atoms with Crippen LogP contribution in [0.25, 0.3) is 11.3 Å². The summed E-state index contributed by atoms with van der Waals surface area (Å²) in [7, 11) is 0. The Morgan fingerprint density at radius 2 is 1.89 bits per heavy atom. The second kappa shape index (κ2) is 7.58. The van der Waals surface area contributed by atoms with Gasteiger partial charge >= 0.3 is 12.1 Å². The van der Waals surface area contributed by atoms with Crippen molar-refractivity contribution in [3.63, 3.8) is 0 Å². The van der Waals surface area contributed by atoms with Gasteiger partial charge in [-0.3, -0.25) is 4.79 Å². The monoisotopic (exact) mass is 412 g/mol. The van der Waals surface area contributed by atoms with Crippen LogP contribution >= 0.6 is 22.9 Å². The number of nitrogens with zero attached hydrogens (tertiary/aromatic N) is 1. The summed E-state index contributed by atoms with van der Waals surface area (Å²) >= 11 is 6.95. The van der Waals surface area contributed by atoms with Crippen LogP contribution in [0, 0.1) is 0 Å². The van der Waals surface area contributed by atoms with Gasteiger partial charge in [0.25, 0.3) is 0 Å². The lowest BCUT2D eigenvalue weighted by Gasteiger charge is -2.08. The number of thiazole rings is 1. The van der Waals surface area contributed by atoms with Crippen LogP contribution in [0.2, 0.25) is 5.02 Å². The fraction of sp³-hybridized carbons (Fsp3) is 0.111. The van der Waals surface area contributed by atoms with Gasteiger partial charge in [-0.05, 0) is 30.3 Å². The summed E-state index contributed by atoms with van der Waals surface area (Å²) in [6, 6.07) is 11.4. The van der Waals surface area contributed by atoms with E-state index in [9.17, 15) is 18.0 Å². The molecule has 3 aromatic rings. The molecular formula is C18H12ClF3N2O2S. The van der Waals surface area contributed by atoms with Crippen LogP contribution < -0.4 is 5.32 Å². The number of hydrogen-bond donors (Lipinski definition) is 2. The minimum absolute atomic E-state index is 0.211. The van der Waals surface area contributed by atoms with Gasteiger partial charge in [-0.2, -0.15) is 13.2 Å². The van der Waals surface area contributed by atoms with E-state index in [1.54, 1.807) is 24.3 Å². The molecule has 4 nitrogen and oxygen atoms in total. The highest BCUT2D eigenvalue weighted by atomic mass is 35.5. The van der Waals surface area contributed by atoms with Crippen molar-refractivity contribution in [2.75, 3.05) is 5.32 Å². The average Bonchev–Trinajstić information content (AvgIpc) is 2.96. The third-order valence-electron chi connectivity index (χ3n) is 3.57. The zero-order chi connectivity index (χ0) is 19.6. The van der Waals surface area contributed by atoms with Crippen LogP contribution in [-0.4, -0.2) is 16.1 Å². The predicted molar refractivity (Wildman–Crippen MR) is 98.6 cm³/mol. The van der Waals surface area contributed by atoms with E-state index in [1.165, 1.54) is 12.1 Å². The molecule has 27 heavy (non-hydrogen) atoms. The second-order valence-electron chi connectivity index (χ2n) is 5.57. The number of aromatic nitrogens is 1. The second-order valence-corrected chi connectivity index (χ2v) is 7.09. The van der Waals surface area contributed by atoms with E-state index in [1.807, 2.05) is 0 Å². The Morgan fingerprint density at radius 1 is 1.19 bits per heavy atom. The van der Waals surface area contributed by atoms with E-state index in [0.29, 0.717) is 26.3 Å². The normalized spacial score (nSPS) is 11.4. The molecule has 1 heterocycles. The van der Waals surface area contributed by atoms with Crippen molar-refractivity contribution >= 4 is 39.7 Å². The van der Waals surface area contributed by atoms with Crippen molar-refractivity contribution in [1.29, 1.82) is 0 Å². The largest absolute Gasteiger partial charge is 0.481 e. The van der Waals surface area contributed by atoms with E-state index < -0.39 is 17.7 Å². The van der Waals surface area contributed by atoms with E-state index in [2.05, 4.69) is 10.3 Å². The van der Waals surface area contributed by atoms with Crippen LogP contribution in [-0.2, 0) is 17.4 Å². The number of benzene rings is 2. The highest BCUT2D eigenvalue weighted by molar-refractivity contribution is 7.16. The van der Waals surface area contributed by atoms with Gasteiger partial charge < -0.3 is 10.4 Å². The van der Waals surface area contributed by atoms with Crippen molar-refractivity contribution in [3.8, 4) is 11.3 Å². The summed E-state index contributed by atoms with van der Waals surface area (Å²) in [5.74, 6) is -1.03. The number of alkyl halides is 3. The lowest BCUT2D eigenvalue weighted by atomic mass is 10.1. The molecular weight excluding hydrogens is 401 g/mol. The number of nitrogens with one attached hydrogen (secondary N) is 1. The van der Waals surface area contributed by atoms with E-state index >= 15 is 0 Å². The Bertz CT molecular complexity index is 971. The third-order valence-corrected chi connectivity index (χ3v) is 4.79. The minimum atomic E-state index is -4.45. The topological polar surface area (TPSA) is 62.2 Å². The van der Waals surface area contributed by atoms with Crippen LogP contribution in [0.3, 0.4) is 0 Å². The first kappa shape index (κ1) is 19.2. The molecule has 0 fully saturated rings. The van der Waals surface area contributed by atoms with Gasteiger partial charge in [0.2, 0.25) is 0 Å². The molecule has 0 amide bonds. The zero-order valence-corrected chi connectivity index (χ0v) is 15.1. The van der Waals surface area contributed by atoms with Gasteiger partial charge in [0.1, 0.15) is 0 Å². The molecule has 0 radical (unpaired) electrons. The van der Waals surface area contributed by atoms with Crippen LogP contribution in [0.15, 0.2) is 48.5 Å². The van der Waals surface area contributed by atoms with Crippen LogP contribution in [0.4, 0.5) is 24.0 Å². The lowest BCUT2D eigenvalue weighted by Crippen LogP contribution is -2.05. The highest BCUT2D eigenvalue weighted by Gasteiger charge is 2.30. The van der Waals surface area contributed by atoms with Crippen molar-refractivity contribution in [2.45, 2.75) is 12.6 Å². The first-order valence-electron chi connectivity index (χ1n) is 7.64. The number of carbonyl (C=O) groups is 1. The fourth-order valence-electron chi connectivity index (χ4n) is 2.39. The first-order valence-corrected chi connectivity index (χ1v) is 8.83. The zero-order valence-electron chi connectivity index (χ0n) is 13.5. The molecule has 3 rings (SSSR count). The highest BCUT2D eigenvalue weighted by Crippen LogP contribution is 2.35. The van der Waals surface area contributed by atoms with E-state index in [-0.39, 0.29) is 12.1 Å². The molecule has 2 aromatic carbocycles. The van der Waals surface area contributed by atoms with Gasteiger partial charge in [-0.25, -0.2) is 4.98 Å². The maximum atomic E-state index is 12.9. The molecule has 0 aliphatic rings. The molecule has 0 unspecified atom stereocenters. The minimum Gasteiger partial charge on any atom is -0.481 e. The summed E-state index contributed by atoms with van der Waals surface area (Å²) in [6.45, 7) is 0. The molecule has 140 valence electrons. The first-order chi connectivity index (χ1) is 12.7. The summed E-state index contributed by atoms with van der Waals surface area (Å²) < 4.78 is 38.6. The maximum Gasteiger partial charge on any atom is 0.416 e. The molecule has 0 bridgehead atoms. The number of anilines is 2. The molecule has 0 saturated heterocycles. The van der Waals surface area contributed by atoms with E-state index in [4.69, 9.17) is 16.7 Å². The average molecular weight is 413 g/mol. The van der Waals surface area contributed by atoms with Crippen molar-refractivity contribution in [1.82, 2.24) is 4.98 Å². The van der Waals surface area contributed by atoms with Gasteiger partial charge in [0.15, 0.2) is 5.13 Å². The molecule has 0 atom stereocenters. The fourth-order valence-corrected chi connectivity index (χ4v) is 3.51. The van der Waals surface area contributed by atoms with Gasteiger partial charge in [0, 0.05) is 21.2 Å². The molecule has 0 spiro atoms. The number of carboxylic acid groups (broad SMARTS) is 1. The quantitative estimate of drug-likeness (QED) is 0.551. The van der Waals surface area contributed by atoms with Gasteiger partial charge in [-0.15, -0.1) is 11.3 Å². The molecule has 9 heteroatoms. The SMILES string of the molecule is O=C(O)Cc1sc(Nc2cccc(C(F)(F)F)c2)nc1-c1ccc(Cl)cc1. The predicted octanol–water partition coefficient (Wildman–Crippen LogP) is 5.85. The number of halogens is 4. The van der Waals surface area contributed by atoms with Gasteiger partial charge in [0.05, 0.1) is 17.7 Å². The summed E-state index contributed by atoms with van der Waals surface area (Å²) in [5.41, 5.74) is 0.549. The Morgan fingerprint density at radius 3 is 2.52 bits per heavy atom. The molecule has 2 N–H and O–H groups in total. The number of aliphatic carboxylic acids is 1. The third kappa shape index (κ3) is 4.78. The summed E-state index contributed by atoms with van der Waals surface area (Å²) in [5, 5.41) is 12.8.